The molecule has 0 aliphatic carbocycles. The minimum atomic E-state index is -0.930. The number of hydrogen-bond donors (Lipinski definition) is 2. The Balaban J connectivity index is 1.89. The lowest BCUT2D eigenvalue weighted by atomic mass is 10.1. The van der Waals surface area contributed by atoms with Crippen molar-refractivity contribution in [3.05, 3.63) is 76.3 Å². The molecule has 3 aromatic rings. The number of halogens is 1. The molecule has 1 atom stereocenters. The number of carbonyl (C=O) groups excluding carboxylic acids is 2. The number of hydrogen-bond acceptors (Lipinski definition) is 4. The molecule has 0 radical (unpaired) electrons. The van der Waals surface area contributed by atoms with Crippen molar-refractivity contribution < 1.29 is 14.0 Å². The topological polar surface area (TPSA) is 93.1 Å². The zero-order valence-electron chi connectivity index (χ0n) is 17.5. The van der Waals surface area contributed by atoms with Gasteiger partial charge < -0.3 is 10.6 Å². The first-order valence-corrected chi connectivity index (χ1v) is 9.85. The number of carbonyl (C=O) groups is 2. The highest BCUT2D eigenvalue weighted by atomic mass is 19.1. The van der Waals surface area contributed by atoms with Gasteiger partial charge in [0.2, 0.25) is 11.8 Å². The molecule has 0 unspecified atom stereocenters. The number of nitrogens with zero attached hydrogens (tertiary/aromatic N) is 2. The van der Waals surface area contributed by atoms with Gasteiger partial charge >= 0.3 is 0 Å². The van der Waals surface area contributed by atoms with Crippen LogP contribution in [-0.2, 0) is 9.59 Å². The predicted octanol–water partition coefficient (Wildman–Crippen LogP) is 3.91. The molecule has 7 nitrogen and oxygen atoms in total. The van der Waals surface area contributed by atoms with Crippen LogP contribution >= 0.6 is 0 Å². The zero-order chi connectivity index (χ0) is 22.5. The second-order valence-corrected chi connectivity index (χ2v) is 7.11. The van der Waals surface area contributed by atoms with Crippen LogP contribution < -0.4 is 16.2 Å². The van der Waals surface area contributed by atoms with E-state index in [1.165, 1.54) is 31.2 Å². The Hall–Kier alpha value is -3.81. The van der Waals surface area contributed by atoms with E-state index >= 15 is 0 Å². The maximum absolute atomic E-state index is 13.4. The van der Waals surface area contributed by atoms with Gasteiger partial charge in [0.15, 0.2) is 0 Å². The monoisotopic (exact) mass is 422 g/mol. The molecule has 0 fully saturated rings. The fourth-order valence-electron chi connectivity index (χ4n) is 2.94. The standard InChI is InChI=1S/C23H23FN4O3/c1-4-21(29)26-20-12-16(9-8-14(20)2)19-10-11-22(30)28(27-19)15(3)23(31)25-18-7-5-6-17(24)13-18/h5-13,15H,4H2,1-3H3,(H,25,31)(H,26,29)/t15-/m0/s1. The molecular formula is C23H23FN4O3. The van der Waals surface area contributed by atoms with E-state index in [9.17, 15) is 18.8 Å². The molecule has 2 aromatic carbocycles. The summed E-state index contributed by atoms with van der Waals surface area (Å²) in [7, 11) is 0. The van der Waals surface area contributed by atoms with Gasteiger partial charge in [0.05, 0.1) is 5.69 Å². The molecular weight excluding hydrogens is 399 g/mol. The van der Waals surface area contributed by atoms with Crippen LogP contribution in [0, 0.1) is 12.7 Å². The largest absolute Gasteiger partial charge is 0.326 e. The van der Waals surface area contributed by atoms with Crippen LogP contribution in [0.1, 0.15) is 31.9 Å². The molecule has 0 saturated carbocycles. The molecule has 2 N–H and O–H groups in total. The SMILES string of the molecule is CCC(=O)Nc1cc(-c2ccc(=O)n([C@@H](C)C(=O)Nc3cccc(F)c3)n2)ccc1C. The summed E-state index contributed by atoms with van der Waals surface area (Å²) in [4.78, 5) is 36.7. The summed E-state index contributed by atoms with van der Waals surface area (Å²) in [6.45, 7) is 5.18. The van der Waals surface area contributed by atoms with Crippen LogP contribution in [0.25, 0.3) is 11.3 Å². The van der Waals surface area contributed by atoms with Crippen LogP contribution in [0.3, 0.4) is 0 Å². The second-order valence-electron chi connectivity index (χ2n) is 7.11. The van der Waals surface area contributed by atoms with E-state index in [1.807, 2.05) is 19.1 Å². The Kier molecular flexibility index (Phi) is 6.59. The van der Waals surface area contributed by atoms with Gasteiger partial charge in [-0.05, 0) is 49.7 Å². The van der Waals surface area contributed by atoms with Crippen LogP contribution in [0.4, 0.5) is 15.8 Å². The lowest BCUT2D eigenvalue weighted by Crippen LogP contribution is -2.33. The van der Waals surface area contributed by atoms with Gasteiger partial charge in [0.1, 0.15) is 11.9 Å². The minimum Gasteiger partial charge on any atom is -0.326 e. The molecule has 1 heterocycles. The molecule has 2 amide bonds. The van der Waals surface area contributed by atoms with Crippen LogP contribution in [-0.4, -0.2) is 21.6 Å². The van der Waals surface area contributed by atoms with Crippen LogP contribution in [0.15, 0.2) is 59.4 Å². The number of anilines is 2. The number of amides is 2. The van der Waals surface area contributed by atoms with Crippen molar-refractivity contribution in [3.63, 3.8) is 0 Å². The van der Waals surface area contributed by atoms with Crippen molar-refractivity contribution in [1.82, 2.24) is 9.78 Å². The number of aryl methyl sites for hydroxylation is 1. The van der Waals surface area contributed by atoms with Gasteiger partial charge in [-0.1, -0.05) is 25.1 Å². The Morgan fingerprint density at radius 1 is 1.10 bits per heavy atom. The Bertz CT molecular complexity index is 1190. The van der Waals surface area contributed by atoms with Crippen molar-refractivity contribution in [2.75, 3.05) is 10.6 Å². The van der Waals surface area contributed by atoms with Gasteiger partial charge in [-0.25, -0.2) is 9.07 Å². The van der Waals surface area contributed by atoms with Crippen molar-refractivity contribution >= 4 is 23.2 Å². The molecule has 31 heavy (non-hydrogen) atoms. The van der Waals surface area contributed by atoms with Crippen LogP contribution in [0.2, 0.25) is 0 Å². The molecule has 0 saturated heterocycles. The third-order valence-electron chi connectivity index (χ3n) is 4.79. The molecule has 0 bridgehead atoms. The molecule has 8 heteroatoms. The third-order valence-corrected chi connectivity index (χ3v) is 4.79. The Morgan fingerprint density at radius 2 is 1.87 bits per heavy atom. The molecule has 160 valence electrons. The first-order chi connectivity index (χ1) is 14.8. The molecule has 0 aliphatic heterocycles. The Labute approximate surface area is 178 Å². The normalized spacial score (nSPS) is 11.6. The predicted molar refractivity (Wildman–Crippen MR) is 117 cm³/mol. The van der Waals surface area contributed by atoms with Gasteiger partial charge in [0, 0.05) is 29.4 Å². The maximum atomic E-state index is 13.4. The van der Waals surface area contributed by atoms with E-state index in [0.29, 0.717) is 23.4 Å². The van der Waals surface area contributed by atoms with Crippen molar-refractivity contribution in [2.45, 2.75) is 33.2 Å². The number of nitrogens with one attached hydrogen (secondary N) is 2. The van der Waals surface area contributed by atoms with Crippen molar-refractivity contribution in [3.8, 4) is 11.3 Å². The van der Waals surface area contributed by atoms with E-state index in [-0.39, 0.29) is 11.6 Å². The third kappa shape index (κ3) is 5.22. The van der Waals surface area contributed by atoms with E-state index in [2.05, 4.69) is 15.7 Å². The van der Waals surface area contributed by atoms with Crippen molar-refractivity contribution in [1.29, 1.82) is 0 Å². The highest BCUT2D eigenvalue weighted by molar-refractivity contribution is 5.93. The van der Waals surface area contributed by atoms with E-state index in [0.717, 1.165) is 10.2 Å². The molecule has 1 aromatic heterocycles. The first kappa shape index (κ1) is 21.9. The summed E-state index contributed by atoms with van der Waals surface area (Å²) in [5.74, 6) is -1.09. The van der Waals surface area contributed by atoms with Crippen LogP contribution in [0.5, 0.6) is 0 Å². The smallest absolute Gasteiger partial charge is 0.267 e. The number of aromatic nitrogens is 2. The van der Waals surface area contributed by atoms with E-state index in [1.54, 1.807) is 25.1 Å². The summed E-state index contributed by atoms with van der Waals surface area (Å²) in [5, 5.41) is 9.77. The lowest BCUT2D eigenvalue weighted by Gasteiger charge is -2.16. The average molecular weight is 422 g/mol. The number of rotatable bonds is 6. The molecule has 0 spiro atoms. The van der Waals surface area contributed by atoms with Gasteiger partial charge in [-0.2, -0.15) is 5.10 Å². The Morgan fingerprint density at radius 3 is 2.58 bits per heavy atom. The summed E-state index contributed by atoms with van der Waals surface area (Å²) in [6.07, 6.45) is 0.352. The highest BCUT2D eigenvalue weighted by Crippen LogP contribution is 2.24. The zero-order valence-corrected chi connectivity index (χ0v) is 17.5. The van der Waals surface area contributed by atoms with E-state index < -0.39 is 23.3 Å². The lowest BCUT2D eigenvalue weighted by molar-refractivity contribution is -0.119. The summed E-state index contributed by atoms with van der Waals surface area (Å²) in [6, 6.07) is 12.9. The van der Waals surface area contributed by atoms with Gasteiger partial charge in [-0.15, -0.1) is 0 Å². The number of benzene rings is 2. The van der Waals surface area contributed by atoms with Gasteiger partial charge in [-0.3, -0.25) is 14.4 Å². The summed E-state index contributed by atoms with van der Waals surface area (Å²) >= 11 is 0. The minimum absolute atomic E-state index is 0.110. The van der Waals surface area contributed by atoms with Crippen molar-refractivity contribution in [2.24, 2.45) is 0 Å². The average Bonchev–Trinajstić information content (AvgIpc) is 2.75. The molecule has 0 aliphatic rings. The van der Waals surface area contributed by atoms with Gasteiger partial charge in [0.25, 0.3) is 5.56 Å². The first-order valence-electron chi connectivity index (χ1n) is 9.85. The molecule has 3 rings (SSSR count). The summed E-state index contributed by atoms with van der Waals surface area (Å²) < 4.78 is 14.4. The summed E-state index contributed by atoms with van der Waals surface area (Å²) in [5.41, 5.74) is 2.54. The highest BCUT2D eigenvalue weighted by Gasteiger charge is 2.19. The fraction of sp³-hybridized carbons (Fsp3) is 0.217. The second kappa shape index (κ2) is 9.34. The maximum Gasteiger partial charge on any atom is 0.267 e. The fourth-order valence-corrected chi connectivity index (χ4v) is 2.94. The van der Waals surface area contributed by atoms with E-state index in [4.69, 9.17) is 0 Å². The quantitative estimate of drug-likeness (QED) is 0.630.